The van der Waals surface area contributed by atoms with Crippen molar-refractivity contribution in [1.82, 2.24) is 24.7 Å². The third-order valence-electron chi connectivity index (χ3n) is 6.41. The van der Waals surface area contributed by atoms with Crippen molar-refractivity contribution in [3.8, 4) is 0 Å². The van der Waals surface area contributed by atoms with Gasteiger partial charge in [0.25, 0.3) is 0 Å². The zero-order valence-corrected chi connectivity index (χ0v) is 20.2. The first-order valence-electron chi connectivity index (χ1n) is 10.9. The molecule has 2 saturated heterocycles. The van der Waals surface area contributed by atoms with Crippen LogP contribution in [0.4, 0.5) is 0 Å². The Morgan fingerprint density at radius 1 is 1.18 bits per heavy atom. The number of aromatic nitrogens is 2. The smallest absolute Gasteiger partial charge is 0.193 e. The van der Waals surface area contributed by atoms with Crippen LogP contribution in [0.2, 0.25) is 0 Å². The fourth-order valence-corrected chi connectivity index (χ4v) is 4.47. The number of imidazole rings is 1. The van der Waals surface area contributed by atoms with Crippen LogP contribution in [0.5, 0.6) is 0 Å². The summed E-state index contributed by atoms with van der Waals surface area (Å²) in [4.78, 5) is 14.3. The van der Waals surface area contributed by atoms with E-state index in [4.69, 9.17) is 4.99 Å². The van der Waals surface area contributed by atoms with Gasteiger partial charge >= 0.3 is 0 Å². The standard InChI is InChI=1S/C21H38N6.HI/c1-4-23-21(24-10-6-19-8-12-25(5-2)13-9-19)26-14-7-18(3)20(16-26)27-15-11-22-17-27;/h11,15,17-20H,4-10,12-14,16H2,1-3H3,(H,23,24);1H. The molecule has 0 spiro atoms. The van der Waals surface area contributed by atoms with Gasteiger partial charge in [0.1, 0.15) is 0 Å². The minimum Gasteiger partial charge on any atom is -0.357 e. The summed E-state index contributed by atoms with van der Waals surface area (Å²) in [5.74, 6) is 2.61. The Kier molecular flexibility index (Phi) is 10.0. The van der Waals surface area contributed by atoms with Crippen molar-refractivity contribution in [2.75, 3.05) is 45.8 Å². The maximum atomic E-state index is 5.00. The van der Waals surface area contributed by atoms with Crippen LogP contribution in [0.15, 0.2) is 23.7 Å². The van der Waals surface area contributed by atoms with Crippen molar-refractivity contribution in [2.45, 2.75) is 52.5 Å². The number of rotatable bonds is 6. The van der Waals surface area contributed by atoms with Gasteiger partial charge in [0.2, 0.25) is 0 Å². The summed E-state index contributed by atoms with van der Waals surface area (Å²) < 4.78 is 2.27. The molecule has 28 heavy (non-hydrogen) atoms. The van der Waals surface area contributed by atoms with E-state index in [2.05, 4.69) is 51.6 Å². The van der Waals surface area contributed by atoms with Crippen molar-refractivity contribution in [1.29, 1.82) is 0 Å². The van der Waals surface area contributed by atoms with E-state index in [-0.39, 0.29) is 24.0 Å². The average Bonchev–Trinajstić information content (AvgIpc) is 3.23. The first-order valence-corrected chi connectivity index (χ1v) is 10.9. The summed E-state index contributed by atoms with van der Waals surface area (Å²) in [5.41, 5.74) is 0. The number of piperidine rings is 2. The molecule has 0 amide bonds. The van der Waals surface area contributed by atoms with Crippen molar-refractivity contribution >= 4 is 29.9 Å². The summed E-state index contributed by atoms with van der Waals surface area (Å²) in [6.45, 7) is 14.5. The number of likely N-dealkylation sites (tertiary alicyclic amines) is 2. The lowest BCUT2D eigenvalue weighted by Crippen LogP contribution is -2.49. The topological polar surface area (TPSA) is 48.7 Å². The van der Waals surface area contributed by atoms with Gasteiger partial charge in [-0.05, 0) is 64.1 Å². The molecule has 1 aromatic heterocycles. The molecular weight excluding hydrogens is 463 g/mol. The fourth-order valence-electron chi connectivity index (χ4n) is 4.47. The largest absolute Gasteiger partial charge is 0.357 e. The number of hydrogen-bond donors (Lipinski definition) is 1. The van der Waals surface area contributed by atoms with Gasteiger partial charge in [-0.15, -0.1) is 24.0 Å². The van der Waals surface area contributed by atoms with Gasteiger partial charge in [-0.25, -0.2) is 4.98 Å². The van der Waals surface area contributed by atoms with Gasteiger partial charge in [0.15, 0.2) is 5.96 Å². The third-order valence-corrected chi connectivity index (χ3v) is 6.41. The highest BCUT2D eigenvalue weighted by atomic mass is 127. The van der Waals surface area contributed by atoms with Crippen molar-refractivity contribution in [2.24, 2.45) is 16.8 Å². The maximum absolute atomic E-state index is 5.00. The number of nitrogens with zero attached hydrogens (tertiary/aromatic N) is 5. The third kappa shape index (κ3) is 6.34. The Hall–Kier alpha value is -0.830. The van der Waals surface area contributed by atoms with Crippen LogP contribution in [0, 0.1) is 11.8 Å². The monoisotopic (exact) mass is 502 g/mol. The highest BCUT2D eigenvalue weighted by Crippen LogP contribution is 2.27. The van der Waals surface area contributed by atoms with Crippen LogP contribution >= 0.6 is 24.0 Å². The van der Waals surface area contributed by atoms with Gasteiger partial charge in [-0.3, -0.25) is 4.99 Å². The summed E-state index contributed by atoms with van der Waals surface area (Å²) >= 11 is 0. The molecule has 0 bridgehead atoms. The van der Waals surface area contributed by atoms with Crippen LogP contribution in [-0.2, 0) is 0 Å². The van der Waals surface area contributed by atoms with Gasteiger partial charge in [0, 0.05) is 38.6 Å². The summed E-state index contributed by atoms with van der Waals surface area (Å²) in [6.07, 6.45) is 11.0. The lowest BCUT2D eigenvalue weighted by molar-refractivity contribution is 0.185. The number of halogens is 1. The average molecular weight is 502 g/mol. The lowest BCUT2D eigenvalue weighted by Gasteiger charge is -2.39. The second-order valence-electron chi connectivity index (χ2n) is 8.19. The molecule has 2 unspecified atom stereocenters. The van der Waals surface area contributed by atoms with Crippen LogP contribution in [-0.4, -0.2) is 71.1 Å². The van der Waals surface area contributed by atoms with E-state index in [1.165, 1.54) is 45.3 Å². The first-order chi connectivity index (χ1) is 13.2. The molecule has 2 fully saturated rings. The van der Waals surface area contributed by atoms with Gasteiger partial charge in [-0.2, -0.15) is 0 Å². The quantitative estimate of drug-likeness (QED) is 0.368. The molecule has 1 N–H and O–H groups in total. The van der Waals surface area contributed by atoms with E-state index >= 15 is 0 Å². The number of hydrogen-bond acceptors (Lipinski definition) is 3. The maximum Gasteiger partial charge on any atom is 0.193 e. The predicted molar refractivity (Wildman–Crippen MR) is 127 cm³/mol. The molecule has 160 valence electrons. The highest BCUT2D eigenvalue weighted by molar-refractivity contribution is 14.0. The Morgan fingerprint density at radius 3 is 2.61 bits per heavy atom. The van der Waals surface area contributed by atoms with Crippen LogP contribution in [0.1, 0.15) is 52.5 Å². The molecule has 2 atom stereocenters. The molecule has 1 aromatic rings. The molecule has 3 heterocycles. The second-order valence-corrected chi connectivity index (χ2v) is 8.19. The van der Waals surface area contributed by atoms with E-state index in [1.807, 2.05) is 12.5 Å². The highest BCUT2D eigenvalue weighted by Gasteiger charge is 2.29. The summed E-state index contributed by atoms with van der Waals surface area (Å²) in [5, 5.41) is 3.53. The van der Waals surface area contributed by atoms with E-state index in [0.717, 1.165) is 38.1 Å². The molecule has 6 nitrogen and oxygen atoms in total. The second kappa shape index (κ2) is 12.0. The molecule has 2 aliphatic rings. The molecular formula is C21H39IN6. The van der Waals surface area contributed by atoms with Gasteiger partial charge < -0.3 is 19.7 Å². The van der Waals surface area contributed by atoms with Crippen LogP contribution < -0.4 is 5.32 Å². The minimum atomic E-state index is 0. The molecule has 3 rings (SSSR count). The Balaban J connectivity index is 0.00000280. The minimum absolute atomic E-state index is 0. The molecule has 0 aromatic carbocycles. The molecule has 0 saturated carbocycles. The Labute approximate surface area is 188 Å². The van der Waals surface area contributed by atoms with Crippen molar-refractivity contribution in [3.05, 3.63) is 18.7 Å². The summed E-state index contributed by atoms with van der Waals surface area (Å²) in [6, 6.07) is 0.475. The predicted octanol–water partition coefficient (Wildman–Crippen LogP) is 3.47. The summed E-state index contributed by atoms with van der Waals surface area (Å²) in [7, 11) is 0. The Bertz CT molecular complexity index is 567. The van der Waals surface area contributed by atoms with E-state index < -0.39 is 0 Å². The number of guanidine groups is 1. The van der Waals surface area contributed by atoms with Crippen LogP contribution in [0.3, 0.4) is 0 Å². The SMILES string of the molecule is CCNC(=NCCC1CCN(CC)CC1)N1CCC(C)C(n2ccnc2)C1.I. The molecule has 0 radical (unpaired) electrons. The zero-order chi connectivity index (χ0) is 19.1. The van der Waals surface area contributed by atoms with E-state index in [1.54, 1.807) is 0 Å². The fraction of sp³-hybridized carbons (Fsp3) is 0.810. The first kappa shape index (κ1) is 23.4. The van der Waals surface area contributed by atoms with Crippen molar-refractivity contribution < 1.29 is 0 Å². The van der Waals surface area contributed by atoms with Gasteiger partial charge in [0.05, 0.1) is 12.4 Å². The molecule has 7 heteroatoms. The van der Waals surface area contributed by atoms with Crippen LogP contribution in [0.25, 0.3) is 0 Å². The number of aliphatic imine (C=N–C) groups is 1. The number of nitrogens with one attached hydrogen (secondary N) is 1. The van der Waals surface area contributed by atoms with Gasteiger partial charge in [-0.1, -0.05) is 13.8 Å². The molecule has 0 aliphatic carbocycles. The zero-order valence-electron chi connectivity index (χ0n) is 17.9. The van der Waals surface area contributed by atoms with Crippen molar-refractivity contribution in [3.63, 3.8) is 0 Å². The molecule has 2 aliphatic heterocycles. The van der Waals surface area contributed by atoms with E-state index in [9.17, 15) is 0 Å². The Morgan fingerprint density at radius 2 is 1.96 bits per heavy atom. The lowest BCUT2D eigenvalue weighted by atomic mass is 9.93. The normalized spacial score (nSPS) is 24.8. The van der Waals surface area contributed by atoms with E-state index in [0.29, 0.717) is 12.0 Å².